The van der Waals surface area contributed by atoms with Gasteiger partial charge in [0.15, 0.2) is 0 Å². The first-order valence-electron chi connectivity index (χ1n) is 8.41. The molecule has 2 nitrogen and oxygen atoms in total. The topological polar surface area (TPSA) is 20.3 Å². The zero-order valence-electron chi connectivity index (χ0n) is 14.4. The van der Waals surface area contributed by atoms with Crippen molar-refractivity contribution in [2.45, 2.75) is 6.92 Å². The molecule has 0 atom stereocenters. The molecule has 2 heteroatoms. The molecule has 0 aromatic heterocycles. The zero-order valence-corrected chi connectivity index (χ0v) is 14.4. The average molecular weight is 325 g/mol. The fourth-order valence-corrected chi connectivity index (χ4v) is 3.43. The summed E-state index contributed by atoms with van der Waals surface area (Å²) in [4.78, 5) is 14.9. The van der Waals surface area contributed by atoms with Gasteiger partial charge in [0, 0.05) is 18.2 Å². The standard InChI is InChI=1S/C23H19NO/c1-16-13-14-19-20(15-16)24(2)23(25)22(19)21(17-9-5-3-6-10-17)18-11-7-4-8-12-18/h3-15H,1-2H3. The number of anilines is 1. The Hall–Kier alpha value is -3.13. The minimum absolute atomic E-state index is 0.0447. The van der Waals surface area contributed by atoms with E-state index in [0.717, 1.165) is 39.1 Å². The molecule has 1 heterocycles. The van der Waals surface area contributed by atoms with E-state index < -0.39 is 0 Å². The summed E-state index contributed by atoms with van der Waals surface area (Å²) in [5.41, 5.74) is 7.00. The van der Waals surface area contributed by atoms with Crippen molar-refractivity contribution in [1.29, 1.82) is 0 Å². The van der Waals surface area contributed by atoms with Gasteiger partial charge in [0.25, 0.3) is 5.91 Å². The molecule has 3 aromatic carbocycles. The van der Waals surface area contributed by atoms with E-state index in [1.807, 2.05) is 43.4 Å². The van der Waals surface area contributed by atoms with E-state index in [-0.39, 0.29) is 5.91 Å². The molecule has 25 heavy (non-hydrogen) atoms. The third-order valence-electron chi connectivity index (χ3n) is 4.68. The highest BCUT2D eigenvalue weighted by Crippen LogP contribution is 2.42. The number of hydrogen-bond acceptors (Lipinski definition) is 1. The molecule has 0 fully saturated rings. The molecule has 0 N–H and O–H groups in total. The van der Waals surface area contributed by atoms with E-state index in [4.69, 9.17) is 0 Å². The minimum Gasteiger partial charge on any atom is -0.311 e. The molecule has 0 aliphatic carbocycles. The average Bonchev–Trinajstić information content (AvgIpc) is 2.89. The normalized spacial score (nSPS) is 13.1. The van der Waals surface area contributed by atoms with E-state index in [1.165, 1.54) is 0 Å². The van der Waals surface area contributed by atoms with Gasteiger partial charge in [-0.15, -0.1) is 0 Å². The molecule has 1 aliphatic rings. The summed E-state index contributed by atoms with van der Waals surface area (Å²) in [5, 5.41) is 0. The second-order valence-corrected chi connectivity index (χ2v) is 6.37. The van der Waals surface area contributed by atoms with Crippen LogP contribution in [0.4, 0.5) is 5.69 Å². The Labute approximate surface area is 148 Å². The van der Waals surface area contributed by atoms with Crippen LogP contribution in [0.15, 0.2) is 78.9 Å². The third-order valence-corrected chi connectivity index (χ3v) is 4.68. The van der Waals surface area contributed by atoms with Crippen molar-refractivity contribution in [3.05, 3.63) is 101 Å². The lowest BCUT2D eigenvalue weighted by Crippen LogP contribution is -2.21. The number of rotatable bonds is 2. The number of benzene rings is 3. The molecule has 1 aliphatic heterocycles. The van der Waals surface area contributed by atoms with E-state index in [2.05, 4.69) is 49.4 Å². The zero-order chi connectivity index (χ0) is 17.4. The van der Waals surface area contributed by atoms with Gasteiger partial charge in [0.1, 0.15) is 0 Å². The molecular weight excluding hydrogens is 306 g/mol. The fourth-order valence-electron chi connectivity index (χ4n) is 3.43. The molecule has 0 saturated heterocycles. The minimum atomic E-state index is 0.0447. The monoisotopic (exact) mass is 325 g/mol. The van der Waals surface area contributed by atoms with Crippen LogP contribution in [0.5, 0.6) is 0 Å². The number of hydrogen-bond donors (Lipinski definition) is 0. The molecule has 0 radical (unpaired) electrons. The van der Waals surface area contributed by atoms with Crippen LogP contribution in [0.1, 0.15) is 22.3 Å². The first-order valence-corrected chi connectivity index (χ1v) is 8.41. The first-order chi connectivity index (χ1) is 12.2. The summed E-state index contributed by atoms with van der Waals surface area (Å²) >= 11 is 0. The van der Waals surface area contributed by atoms with Crippen LogP contribution in [0.2, 0.25) is 0 Å². The number of nitrogens with zero attached hydrogens (tertiary/aromatic N) is 1. The lowest BCUT2D eigenvalue weighted by atomic mass is 9.90. The summed E-state index contributed by atoms with van der Waals surface area (Å²) < 4.78 is 0. The van der Waals surface area contributed by atoms with Gasteiger partial charge < -0.3 is 4.90 Å². The predicted molar refractivity (Wildman–Crippen MR) is 103 cm³/mol. The van der Waals surface area contributed by atoms with Crippen LogP contribution < -0.4 is 4.90 Å². The van der Waals surface area contributed by atoms with Gasteiger partial charge in [0.05, 0.1) is 11.3 Å². The van der Waals surface area contributed by atoms with E-state index in [1.54, 1.807) is 4.90 Å². The third kappa shape index (κ3) is 2.56. The first kappa shape index (κ1) is 15.4. The lowest BCUT2D eigenvalue weighted by Gasteiger charge is -2.13. The van der Waals surface area contributed by atoms with Crippen molar-refractivity contribution in [1.82, 2.24) is 0 Å². The summed E-state index contributed by atoms with van der Waals surface area (Å²) in [6.07, 6.45) is 0. The summed E-state index contributed by atoms with van der Waals surface area (Å²) in [6, 6.07) is 26.5. The highest BCUT2D eigenvalue weighted by atomic mass is 16.2. The van der Waals surface area contributed by atoms with Crippen LogP contribution in [-0.2, 0) is 4.79 Å². The SMILES string of the molecule is Cc1ccc2c(c1)N(C)C(=O)C2=C(c1ccccc1)c1ccccc1. The Balaban J connectivity index is 2.07. The van der Waals surface area contributed by atoms with Crippen molar-refractivity contribution in [3.63, 3.8) is 0 Å². The fraction of sp³-hybridized carbons (Fsp3) is 0.0870. The number of likely N-dealkylation sites (N-methyl/N-ethyl adjacent to an activating group) is 1. The van der Waals surface area contributed by atoms with Crippen molar-refractivity contribution >= 4 is 22.7 Å². The highest BCUT2D eigenvalue weighted by Gasteiger charge is 2.33. The second-order valence-electron chi connectivity index (χ2n) is 6.37. The predicted octanol–water partition coefficient (Wildman–Crippen LogP) is 4.93. The molecule has 0 saturated carbocycles. The molecule has 4 rings (SSSR count). The molecule has 0 bridgehead atoms. The largest absolute Gasteiger partial charge is 0.311 e. The van der Waals surface area contributed by atoms with Crippen LogP contribution in [0, 0.1) is 6.92 Å². The Kier molecular flexibility index (Phi) is 3.73. The van der Waals surface area contributed by atoms with Crippen molar-refractivity contribution in [2.75, 3.05) is 11.9 Å². The summed E-state index contributed by atoms with van der Waals surface area (Å²) in [6.45, 7) is 2.05. The van der Waals surface area contributed by atoms with Gasteiger partial charge in [-0.25, -0.2) is 0 Å². The Morgan fingerprint density at radius 1 is 0.800 bits per heavy atom. The van der Waals surface area contributed by atoms with E-state index in [0.29, 0.717) is 0 Å². The quantitative estimate of drug-likeness (QED) is 0.612. The number of carbonyl (C=O) groups is 1. The Bertz CT molecular complexity index is 930. The van der Waals surface area contributed by atoms with Crippen LogP contribution >= 0.6 is 0 Å². The van der Waals surface area contributed by atoms with Gasteiger partial charge in [-0.2, -0.15) is 0 Å². The molecule has 0 unspecified atom stereocenters. The van der Waals surface area contributed by atoms with Crippen LogP contribution in [-0.4, -0.2) is 13.0 Å². The molecule has 1 amide bonds. The van der Waals surface area contributed by atoms with E-state index >= 15 is 0 Å². The van der Waals surface area contributed by atoms with Crippen molar-refractivity contribution in [2.24, 2.45) is 0 Å². The van der Waals surface area contributed by atoms with Crippen LogP contribution in [0.25, 0.3) is 11.1 Å². The molecule has 0 spiro atoms. The number of carbonyl (C=O) groups excluding carboxylic acids is 1. The Morgan fingerprint density at radius 3 is 1.92 bits per heavy atom. The van der Waals surface area contributed by atoms with E-state index in [9.17, 15) is 4.79 Å². The van der Waals surface area contributed by atoms with Gasteiger partial charge >= 0.3 is 0 Å². The maximum Gasteiger partial charge on any atom is 0.259 e. The Morgan fingerprint density at radius 2 is 1.36 bits per heavy atom. The summed E-state index contributed by atoms with van der Waals surface area (Å²) in [5.74, 6) is 0.0447. The van der Waals surface area contributed by atoms with Crippen molar-refractivity contribution in [3.8, 4) is 0 Å². The molecule has 122 valence electrons. The van der Waals surface area contributed by atoms with Gasteiger partial charge in [0.2, 0.25) is 0 Å². The number of amides is 1. The maximum absolute atomic E-state index is 13.1. The number of aryl methyl sites for hydroxylation is 1. The van der Waals surface area contributed by atoms with Gasteiger partial charge in [-0.05, 0) is 29.7 Å². The number of fused-ring (bicyclic) bond motifs is 1. The lowest BCUT2D eigenvalue weighted by molar-refractivity contribution is -0.112. The van der Waals surface area contributed by atoms with Crippen molar-refractivity contribution < 1.29 is 4.79 Å². The smallest absolute Gasteiger partial charge is 0.259 e. The summed E-state index contributed by atoms with van der Waals surface area (Å²) in [7, 11) is 1.85. The molecule has 3 aromatic rings. The molecular formula is C23H19NO. The highest BCUT2D eigenvalue weighted by molar-refractivity contribution is 6.38. The maximum atomic E-state index is 13.1. The van der Waals surface area contributed by atoms with Crippen LogP contribution in [0.3, 0.4) is 0 Å². The van der Waals surface area contributed by atoms with Gasteiger partial charge in [-0.3, -0.25) is 4.79 Å². The van der Waals surface area contributed by atoms with Gasteiger partial charge in [-0.1, -0.05) is 72.8 Å². The second kappa shape index (κ2) is 6.06.